The molecule has 252 valence electrons. The van der Waals surface area contributed by atoms with E-state index in [9.17, 15) is 9.59 Å². The first kappa shape index (κ1) is 35.6. The number of hydrogen-bond acceptors (Lipinski definition) is 7. The molecule has 2 bridgehead atoms. The van der Waals surface area contributed by atoms with Gasteiger partial charge in [0.05, 0.1) is 25.2 Å². The maximum Gasteiger partial charge on any atom is 0.348 e. The summed E-state index contributed by atoms with van der Waals surface area (Å²) in [6, 6.07) is 20.3. The van der Waals surface area contributed by atoms with Gasteiger partial charge in [-0.05, 0) is 17.5 Å². The van der Waals surface area contributed by atoms with Crippen molar-refractivity contribution in [1.29, 1.82) is 0 Å². The van der Waals surface area contributed by atoms with E-state index in [2.05, 4.69) is 6.92 Å². The lowest BCUT2D eigenvalue weighted by Crippen LogP contribution is -2.60. The Bertz CT molecular complexity index is 1170. The minimum atomic E-state index is -1.57. The largest absolute Gasteiger partial charge is 0.554 e. The smallest absolute Gasteiger partial charge is 0.348 e. The first-order valence-corrected chi connectivity index (χ1v) is 17.4. The fourth-order valence-corrected chi connectivity index (χ4v) is 8.00. The third-order valence-electron chi connectivity index (χ3n) is 10.2. The molecule has 2 aromatic carbocycles. The number of benzene rings is 2. The van der Waals surface area contributed by atoms with Crippen LogP contribution in [0.25, 0.3) is 0 Å². The van der Waals surface area contributed by atoms with Crippen LogP contribution in [-0.2, 0) is 34.2 Å². The van der Waals surface area contributed by atoms with Crippen molar-refractivity contribution in [3.05, 3.63) is 71.8 Å². The highest BCUT2D eigenvalue weighted by atomic mass is 16.7. The Hall–Kier alpha value is -3.23. The number of piperidine rings is 1. The van der Waals surface area contributed by atoms with E-state index in [4.69, 9.17) is 24.1 Å². The molecule has 3 unspecified atom stereocenters. The Labute approximate surface area is 275 Å². The number of nitrogens with zero attached hydrogens (tertiary/aromatic N) is 1. The molecule has 0 radical (unpaired) electrons. The summed E-state index contributed by atoms with van der Waals surface area (Å²) < 4.78 is 20.6. The number of carbonyl (C=O) groups is 3. The Morgan fingerprint density at radius 3 is 1.91 bits per heavy atom. The SMILES string of the molecule is CCCCCCCC(=O)OC(OC(C(=O)OC1CC2CCC(C1)[N+]21CCCC1)(c1ccccc1)c1ccccc1)C(C)C.O=C[O-]. The normalized spacial score (nSPS) is 22.1. The van der Waals surface area contributed by atoms with Crippen molar-refractivity contribution >= 4 is 18.4 Å². The fourth-order valence-electron chi connectivity index (χ4n) is 8.00. The molecule has 3 aliphatic heterocycles. The van der Waals surface area contributed by atoms with Gasteiger partial charge in [-0.1, -0.05) is 107 Å². The Kier molecular flexibility index (Phi) is 13.2. The molecule has 8 nitrogen and oxygen atoms in total. The summed E-state index contributed by atoms with van der Waals surface area (Å²) in [7, 11) is 0. The van der Waals surface area contributed by atoms with E-state index >= 15 is 0 Å². The third-order valence-corrected chi connectivity index (χ3v) is 10.2. The van der Waals surface area contributed by atoms with Crippen LogP contribution in [0.4, 0.5) is 0 Å². The average Bonchev–Trinajstić information content (AvgIpc) is 3.60. The molecule has 8 heteroatoms. The number of esters is 2. The summed E-state index contributed by atoms with van der Waals surface area (Å²) in [5, 5.41) is 8.25. The van der Waals surface area contributed by atoms with Crippen LogP contribution < -0.4 is 5.11 Å². The average molecular weight is 636 g/mol. The fraction of sp³-hybridized carbons (Fsp3) is 0.605. The van der Waals surface area contributed by atoms with E-state index in [1.54, 1.807) is 0 Å². The van der Waals surface area contributed by atoms with Crippen molar-refractivity contribution in [3.8, 4) is 0 Å². The summed E-state index contributed by atoms with van der Waals surface area (Å²) in [4.78, 5) is 36.0. The highest BCUT2D eigenvalue weighted by Crippen LogP contribution is 2.47. The molecular weight excluding hydrogens is 582 g/mol. The predicted octanol–water partition coefficient (Wildman–Crippen LogP) is 6.05. The van der Waals surface area contributed by atoms with E-state index in [1.807, 2.05) is 74.5 Å². The lowest BCUT2D eigenvalue weighted by atomic mass is 9.85. The van der Waals surface area contributed by atoms with Gasteiger partial charge in [-0.15, -0.1) is 0 Å². The highest BCUT2D eigenvalue weighted by molar-refractivity contribution is 5.86. The van der Waals surface area contributed by atoms with Crippen LogP contribution in [0.2, 0.25) is 0 Å². The molecule has 3 aliphatic rings. The van der Waals surface area contributed by atoms with Gasteiger partial charge in [0.15, 0.2) is 0 Å². The van der Waals surface area contributed by atoms with E-state index in [0.717, 1.165) is 38.5 Å². The zero-order valence-electron chi connectivity index (χ0n) is 27.9. The molecule has 3 atom stereocenters. The minimum absolute atomic E-state index is 0.145. The van der Waals surface area contributed by atoms with E-state index in [0.29, 0.717) is 29.6 Å². The predicted molar refractivity (Wildman–Crippen MR) is 174 cm³/mol. The van der Waals surface area contributed by atoms with Gasteiger partial charge >= 0.3 is 11.9 Å². The van der Waals surface area contributed by atoms with Crippen LogP contribution in [0.5, 0.6) is 0 Å². The Balaban J connectivity index is 0.00000154. The van der Waals surface area contributed by atoms with Gasteiger partial charge < -0.3 is 28.6 Å². The topological polar surface area (TPSA) is 102 Å². The molecule has 2 aromatic rings. The zero-order valence-corrected chi connectivity index (χ0v) is 27.9. The maximum absolute atomic E-state index is 14.7. The van der Waals surface area contributed by atoms with Crippen LogP contribution >= 0.6 is 0 Å². The van der Waals surface area contributed by atoms with Crippen molar-refractivity contribution in [2.24, 2.45) is 5.92 Å². The number of hydrogen-bond donors (Lipinski definition) is 0. The number of quaternary nitrogens is 1. The van der Waals surface area contributed by atoms with Crippen LogP contribution in [0.15, 0.2) is 60.7 Å². The second-order valence-electron chi connectivity index (χ2n) is 13.5. The van der Waals surface area contributed by atoms with E-state index in [-0.39, 0.29) is 18.0 Å². The molecule has 3 saturated heterocycles. The molecule has 0 aliphatic carbocycles. The van der Waals surface area contributed by atoms with E-state index < -0.39 is 24.3 Å². The summed E-state index contributed by atoms with van der Waals surface area (Å²) in [5.74, 6) is -0.888. The van der Waals surface area contributed by atoms with Crippen LogP contribution in [-0.4, -0.2) is 60.5 Å². The summed E-state index contributed by atoms with van der Waals surface area (Å²) in [6.45, 7) is 8.15. The number of carbonyl (C=O) groups excluding carboxylic acids is 3. The lowest BCUT2D eigenvalue weighted by molar-refractivity contribution is -0.956. The second-order valence-corrected chi connectivity index (χ2v) is 13.5. The molecule has 0 N–H and O–H groups in total. The number of ether oxygens (including phenoxy) is 3. The molecule has 0 amide bonds. The number of carboxylic acid groups (broad SMARTS) is 1. The number of unbranched alkanes of at least 4 members (excludes halogenated alkanes) is 4. The van der Waals surface area contributed by atoms with Gasteiger partial charge in [0.25, 0.3) is 0 Å². The monoisotopic (exact) mass is 635 g/mol. The summed E-state index contributed by atoms with van der Waals surface area (Å²) in [5.41, 5.74) is -0.224. The van der Waals surface area contributed by atoms with Crippen molar-refractivity contribution in [3.63, 3.8) is 0 Å². The van der Waals surface area contributed by atoms with Gasteiger partial charge in [0, 0.05) is 57.3 Å². The quantitative estimate of drug-likeness (QED) is 0.0820. The minimum Gasteiger partial charge on any atom is -0.554 e. The van der Waals surface area contributed by atoms with Crippen molar-refractivity contribution in [2.75, 3.05) is 13.1 Å². The highest BCUT2D eigenvalue weighted by Gasteiger charge is 2.57. The van der Waals surface area contributed by atoms with Gasteiger partial charge in [0.2, 0.25) is 11.9 Å². The van der Waals surface area contributed by atoms with Gasteiger partial charge in [-0.2, -0.15) is 0 Å². The lowest BCUT2D eigenvalue weighted by Gasteiger charge is -2.47. The Morgan fingerprint density at radius 2 is 1.41 bits per heavy atom. The second kappa shape index (κ2) is 17.1. The van der Waals surface area contributed by atoms with Crippen LogP contribution in [0, 0.1) is 5.92 Å². The van der Waals surface area contributed by atoms with Gasteiger partial charge in [-0.25, -0.2) is 4.79 Å². The molecule has 1 spiro atoms. The molecule has 0 saturated carbocycles. The first-order valence-electron chi connectivity index (χ1n) is 17.4. The molecule has 3 fully saturated rings. The van der Waals surface area contributed by atoms with Gasteiger partial charge in [0.1, 0.15) is 6.10 Å². The van der Waals surface area contributed by atoms with Crippen molar-refractivity contribution < 1.29 is 38.2 Å². The summed E-state index contributed by atoms with van der Waals surface area (Å²) in [6.07, 6.45) is 11.4. The van der Waals surface area contributed by atoms with Crippen LogP contribution in [0.1, 0.15) is 109 Å². The molecule has 46 heavy (non-hydrogen) atoms. The molecule has 3 heterocycles. The Morgan fingerprint density at radius 1 is 0.891 bits per heavy atom. The van der Waals surface area contributed by atoms with E-state index in [1.165, 1.54) is 49.7 Å². The van der Waals surface area contributed by atoms with Gasteiger partial charge in [-0.3, -0.25) is 4.79 Å². The van der Waals surface area contributed by atoms with Crippen molar-refractivity contribution in [1.82, 2.24) is 0 Å². The molecule has 5 rings (SSSR count). The zero-order chi connectivity index (χ0) is 33.0. The summed E-state index contributed by atoms with van der Waals surface area (Å²) >= 11 is 0. The number of rotatable bonds is 14. The molecule has 0 aromatic heterocycles. The maximum atomic E-state index is 14.7. The van der Waals surface area contributed by atoms with Crippen molar-refractivity contribution in [2.45, 2.75) is 128 Å². The first-order chi connectivity index (χ1) is 22.3. The molecular formula is C38H53NO7. The standard InChI is InChI=1S/C37H52NO5.CH2O2/c1-4-5-6-7-14-21-34(39)42-35(28(2)3)43-37(29-17-10-8-11-18-29,30-19-12-9-13-20-30)36(40)41-33-26-31-22-23-32(27-33)38(31)24-15-16-25-38;2-1-3/h8-13,17-20,28,31-33,35H,4-7,14-16,21-27H2,1-3H3;1H,(H,2,3)/q+1;/p-1. The van der Waals surface area contributed by atoms with Crippen LogP contribution in [0.3, 0.4) is 0 Å². The third kappa shape index (κ3) is 8.18.